The van der Waals surface area contributed by atoms with Gasteiger partial charge in [-0.05, 0) is 12.1 Å². The topological polar surface area (TPSA) is 163 Å². The van der Waals surface area contributed by atoms with E-state index in [1.165, 1.54) is 0 Å². The first kappa shape index (κ1) is 13.0. The first-order chi connectivity index (χ1) is 9.61. The largest absolute Gasteiger partial charge is 0.403 e. The molecule has 2 aromatic rings. The number of amidine groups is 1. The first-order valence-electron chi connectivity index (χ1n) is 5.38. The van der Waals surface area contributed by atoms with Crippen LogP contribution in [0.1, 0.15) is 0 Å². The maximum absolute atomic E-state index is 8.77. The summed E-state index contributed by atoms with van der Waals surface area (Å²) in [4.78, 5) is 0. The molecule has 20 heavy (non-hydrogen) atoms. The summed E-state index contributed by atoms with van der Waals surface area (Å²) in [6.45, 7) is 0. The molecule has 0 bridgehead atoms. The van der Waals surface area contributed by atoms with Crippen molar-refractivity contribution < 1.29 is 4.42 Å². The molecule has 9 heteroatoms. The molecule has 1 aromatic carbocycles. The molecule has 0 spiro atoms. The van der Waals surface area contributed by atoms with Crippen LogP contribution in [0, 0.1) is 16.7 Å². The molecule has 1 aromatic heterocycles. The van der Waals surface area contributed by atoms with Crippen LogP contribution < -0.4 is 16.9 Å². The number of benzene rings is 1. The van der Waals surface area contributed by atoms with Gasteiger partial charge in [0.1, 0.15) is 6.07 Å². The van der Waals surface area contributed by atoms with Crippen LogP contribution in [0.3, 0.4) is 0 Å². The van der Waals surface area contributed by atoms with Gasteiger partial charge in [-0.25, -0.2) is 0 Å². The minimum absolute atomic E-state index is 0.0558. The number of nitrogens with zero attached hydrogens (tertiary/aromatic N) is 4. The van der Waals surface area contributed by atoms with E-state index < -0.39 is 5.84 Å². The average molecular weight is 270 g/mol. The summed E-state index contributed by atoms with van der Waals surface area (Å²) in [7, 11) is 0. The van der Waals surface area contributed by atoms with Crippen LogP contribution in [0.2, 0.25) is 0 Å². The molecule has 0 amide bonds. The third-order valence-electron chi connectivity index (χ3n) is 2.25. The van der Waals surface area contributed by atoms with Gasteiger partial charge in [0.2, 0.25) is 5.71 Å². The highest BCUT2D eigenvalue weighted by Crippen LogP contribution is 2.27. The fourth-order valence-corrected chi connectivity index (χ4v) is 1.37. The van der Waals surface area contributed by atoms with E-state index in [0.717, 1.165) is 0 Å². The molecule has 0 saturated heterocycles. The monoisotopic (exact) mass is 270 g/mol. The van der Waals surface area contributed by atoms with Crippen LogP contribution in [0.4, 0.5) is 11.7 Å². The molecule has 100 valence electrons. The Balaban J connectivity index is 2.35. The molecule has 0 unspecified atom stereocenters. The Labute approximate surface area is 113 Å². The van der Waals surface area contributed by atoms with Crippen molar-refractivity contribution in [1.82, 2.24) is 10.2 Å². The number of hydrogen-bond acceptors (Lipinski definition) is 8. The lowest BCUT2D eigenvalue weighted by Gasteiger charge is -2.05. The predicted octanol–water partition coefficient (Wildman–Crippen LogP) is 0.546. The van der Waals surface area contributed by atoms with Crippen molar-refractivity contribution >= 4 is 23.2 Å². The van der Waals surface area contributed by atoms with Gasteiger partial charge in [0.25, 0.3) is 5.89 Å². The standard InChI is InChI=1S/C11H10N8O/c12-5-8(9(13)14)17-16-7-4-2-1-3-6(7)10-18-19-11(15)20-10/h1-4,16H,(H3,13,14)(H2,15,19)/b17-8+. The normalized spacial score (nSPS) is 10.8. The van der Waals surface area contributed by atoms with Crippen molar-refractivity contribution in [3.05, 3.63) is 24.3 Å². The summed E-state index contributed by atoms with van der Waals surface area (Å²) in [5.74, 6) is -0.221. The third kappa shape index (κ3) is 2.70. The van der Waals surface area contributed by atoms with E-state index in [-0.39, 0.29) is 17.6 Å². The Morgan fingerprint density at radius 1 is 1.40 bits per heavy atom. The van der Waals surface area contributed by atoms with E-state index in [0.29, 0.717) is 11.3 Å². The first-order valence-corrected chi connectivity index (χ1v) is 5.38. The molecule has 0 aliphatic heterocycles. The fourth-order valence-electron chi connectivity index (χ4n) is 1.37. The molecule has 1 heterocycles. The zero-order valence-corrected chi connectivity index (χ0v) is 10.2. The molecule has 0 radical (unpaired) electrons. The fraction of sp³-hybridized carbons (Fsp3) is 0. The van der Waals surface area contributed by atoms with Crippen molar-refractivity contribution in [2.45, 2.75) is 0 Å². The summed E-state index contributed by atoms with van der Waals surface area (Å²) in [6.07, 6.45) is 0. The van der Waals surface area contributed by atoms with E-state index in [2.05, 4.69) is 20.7 Å². The molecule has 0 aliphatic carbocycles. The summed E-state index contributed by atoms with van der Waals surface area (Å²) < 4.78 is 5.13. The quantitative estimate of drug-likeness (QED) is 0.358. The number of hydrogen-bond donors (Lipinski definition) is 4. The third-order valence-corrected chi connectivity index (χ3v) is 2.25. The summed E-state index contributed by atoms with van der Waals surface area (Å²) in [5, 5.41) is 27.0. The summed E-state index contributed by atoms with van der Waals surface area (Å²) in [6, 6.07) is 8.56. The number of nitrogens with one attached hydrogen (secondary N) is 2. The van der Waals surface area contributed by atoms with Gasteiger partial charge in [0, 0.05) is 0 Å². The number of para-hydroxylation sites is 1. The lowest BCUT2D eigenvalue weighted by atomic mass is 10.2. The van der Waals surface area contributed by atoms with E-state index in [4.69, 9.17) is 26.6 Å². The second-order valence-corrected chi connectivity index (χ2v) is 3.59. The molecular formula is C11H10N8O. The van der Waals surface area contributed by atoms with Crippen LogP contribution in [-0.2, 0) is 0 Å². The van der Waals surface area contributed by atoms with Crippen molar-refractivity contribution in [2.24, 2.45) is 10.8 Å². The van der Waals surface area contributed by atoms with Crippen LogP contribution in [0.25, 0.3) is 11.5 Å². The zero-order valence-electron chi connectivity index (χ0n) is 10.2. The molecular weight excluding hydrogens is 260 g/mol. The van der Waals surface area contributed by atoms with Crippen LogP contribution >= 0.6 is 0 Å². The van der Waals surface area contributed by atoms with E-state index in [1.54, 1.807) is 30.3 Å². The highest BCUT2D eigenvalue weighted by atomic mass is 16.4. The van der Waals surface area contributed by atoms with E-state index >= 15 is 0 Å². The van der Waals surface area contributed by atoms with Crippen molar-refractivity contribution in [3.8, 4) is 17.5 Å². The van der Waals surface area contributed by atoms with Crippen molar-refractivity contribution in [2.75, 3.05) is 11.2 Å². The number of nitrogens with two attached hydrogens (primary N) is 2. The second-order valence-electron chi connectivity index (χ2n) is 3.59. The molecule has 0 saturated carbocycles. The SMILES string of the molecule is N#C/C(=N\Nc1ccccc1-c1nnc(N)o1)C(=N)N. The Hall–Kier alpha value is -3.41. The van der Waals surface area contributed by atoms with Gasteiger partial charge in [-0.2, -0.15) is 10.4 Å². The van der Waals surface area contributed by atoms with Crippen molar-refractivity contribution in [3.63, 3.8) is 0 Å². The Kier molecular flexibility index (Phi) is 3.58. The minimum Gasteiger partial charge on any atom is -0.403 e. The zero-order chi connectivity index (χ0) is 14.5. The van der Waals surface area contributed by atoms with Crippen molar-refractivity contribution in [1.29, 1.82) is 10.7 Å². The minimum atomic E-state index is -0.431. The average Bonchev–Trinajstić information content (AvgIpc) is 2.86. The lowest BCUT2D eigenvalue weighted by molar-refractivity contribution is 0.590. The lowest BCUT2D eigenvalue weighted by Crippen LogP contribution is -2.21. The van der Waals surface area contributed by atoms with Gasteiger partial charge in [0.15, 0.2) is 5.84 Å². The van der Waals surface area contributed by atoms with Gasteiger partial charge in [0.05, 0.1) is 11.3 Å². The number of anilines is 2. The van der Waals surface area contributed by atoms with Crippen LogP contribution in [0.5, 0.6) is 0 Å². The molecule has 0 aliphatic rings. The molecule has 9 nitrogen and oxygen atoms in total. The van der Waals surface area contributed by atoms with E-state index in [9.17, 15) is 0 Å². The number of hydrazone groups is 1. The van der Waals surface area contributed by atoms with Gasteiger partial charge in [-0.3, -0.25) is 10.8 Å². The molecule has 0 atom stereocenters. The smallest absolute Gasteiger partial charge is 0.313 e. The van der Waals surface area contributed by atoms with Gasteiger partial charge in [-0.1, -0.05) is 17.2 Å². The maximum Gasteiger partial charge on any atom is 0.313 e. The van der Waals surface area contributed by atoms with Gasteiger partial charge < -0.3 is 15.9 Å². The Morgan fingerprint density at radius 3 is 2.75 bits per heavy atom. The Bertz CT molecular complexity index is 711. The van der Waals surface area contributed by atoms with Gasteiger partial charge >= 0.3 is 6.01 Å². The summed E-state index contributed by atoms with van der Waals surface area (Å²) >= 11 is 0. The maximum atomic E-state index is 8.77. The molecule has 6 N–H and O–H groups in total. The molecule has 2 rings (SSSR count). The number of nitriles is 1. The molecule has 0 fully saturated rings. The van der Waals surface area contributed by atoms with E-state index in [1.807, 2.05) is 0 Å². The Morgan fingerprint density at radius 2 is 2.15 bits per heavy atom. The summed E-state index contributed by atoms with van der Waals surface area (Å²) in [5.41, 5.74) is 14.0. The van der Waals surface area contributed by atoms with Crippen LogP contribution in [0.15, 0.2) is 33.8 Å². The predicted molar refractivity (Wildman–Crippen MR) is 72.7 cm³/mol. The highest BCUT2D eigenvalue weighted by molar-refractivity contribution is 6.45. The van der Waals surface area contributed by atoms with Gasteiger partial charge in [-0.15, -0.1) is 5.10 Å². The second kappa shape index (κ2) is 5.49. The number of nitrogen functional groups attached to an aromatic ring is 1. The number of aromatic nitrogens is 2. The van der Waals surface area contributed by atoms with Crippen LogP contribution in [-0.4, -0.2) is 21.7 Å². The highest BCUT2D eigenvalue weighted by Gasteiger charge is 2.11. The number of rotatable bonds is 4.